The third-order valence-corrected chi connectivity index (χ3v) is 12.4. The number of hydrogen-bond acceptors (Lipinski definition) is 5. The Kier molecular flexibility index (Phi) is 12.4. The van der Waals surface area contributed by atoms with E-state index in [-0.39, 0.29) is 0 Å². The zero-order valence-electron chi connectivity index (χ0n) is 38.5. The maximum absolute atomic E-state index is 5.05. The molecule has 0 saturated heterocycles. The minimum atomic E-state index is 0.987. The van der Waals surface area contributed by atoms with Crippen LogP contribution in [0.4, 0.5) is 68.2 Å². The number of aromatic nitrogens is 1. The molecule has 0 amide bonds. The van der Waals surface area contributed by atoms with Gasteiger partial charge in [0.05, 0.1) is 0 Å². The van der Waals surface area contributed by atoms with E-state index in [4.69, 9.17) is 4.98 Å². The molecule has 0 atom stereocenters. The second kappa shape index (κ2) is 20.2. The van der Waals surface area contributed by atoms with E-state index in [1.807, 2.05) is 12.4 Å². The Bertz CT molecular complexity index is 2830. The topological polar surface area (TPSA) is 25.9 Å². The summed E-state index contributed by atoms with van der Waals surface area (Å²) in [6.45, 7) is 0. The van der Waals surface area contributed by atoms with Crippen molar-refractivity contribution in [2.45, 2.75) is 0 Å². The van der Waals surface area contributed by atoms with Crippen molar-refractivity contribution in [3.05, 3.63) is 298 Å². The van der Waals surface area contributed by atoms with Crippen LogP contribution in [0.25, 0.3) is 22.3 Å². The number of rotatable bonds is 14. The highest BCUT2D eigenvalue weighted by Crippen LogP contribution is 2.46. The Labute approximate surface area is 410 Å². The van der Waals surface area contributed by atoms with Gasteiger partial charge < -0.3 is 19.6 Å². The summed E-state index contributed by atoms with van der Waals surface area (Å²) in [5, 5.41) is 0. The average molecular weight is 900 g/mol. The quantitative estimate of drug-likeness (QED) is 0.108. The lowest BCUT2D eigenvalue weighted by Gasteiger charge is -2.30. The first-order valence-corrected chi connectivity index (χ1v) is 23.6. The third-order valence-electron chi connectivity index (χ3n) is 12.4. The number of benzene rings is 10. The number of pyridine rings is 1. The average Bonchev–Trinajstić information content (AvgIpc) is 3.44. The van der Waals surface area contributed by atoms with Gasteiger partial charge in [-0.15, -0.1) is 0 Å². The fraction of sp³-hybridized carbons (Fsp3) is 0. The zero-order valence-corrected chi connectivity index (χ0v) is 38.5. The molecule has 0 spiro atoms. The van der Waals surface area contributed by atoms with Crippen LogP contribution in [-0.2, 0) is 0 Å². The van der Waals surface area contributed by atoms with Crippen LogP contribution in [0, 0.1) is 0 Å². The van der Waals surface area contributed by atoms with Crippen molar-refractivity contribution < 1.29 is 0 Å². The molecule has 0 saturated carbocycles. The van der Waals surface area contributed by atoms with Crippen LogP contribution in [0.15, 0.2) is 298 Å². The Morgan fingerprint density at radius 3 is 0.543 bits per heavy atom. The van der Waals surface area contributed by atoms with Crippen LogP contribution in [0.1, 0.15) is 0 Å². The van der Waals surface area contributed by atoms with Crippen LogP contribution in [0.3, 0.4) is 0 Å². The number of anilines is 12. The van der Waals surface area contributed by atoms with Gasteiger partial charge in [0, 0.05) is 91.8 Å². The fourth-order valence-corrected chi connectivity index (χ4v) is 9.20. The van der Waals surface area contributed by atoms with Crippen molar-refractivity contribution in [2.24, 2.45) is 0 Å². The molecular weight excluding hydrogens is 851 g/mol. The summed E-state index contributed by atoms with van der Waals surface area (Å²) in [6.07, 6.45) is 3.98. The van der Waals surface area contributed by atoms with Crippen LogP contribution in [0.5, 0.6) is 0 Å². The monoisotopic (exact) mass is 899 g/mol. The summed E-state index contributed by atoms with van der Waals surface area (Å²) in [7, 11) is 0. The summed E-state index contributed by atoms with van der Waals surface area (Å²) in [4.78, 5) is 14.4. The first-order chi connectivity index (χ1) is 34.7. The molecule has 10 aromatic carbocycles. The van der Waals surface area contributed by atoms with Crippen LogP contribution < -0.4 is 19.6 Å². The Hall–Kier alpha value is -9.45. The minimum absolute atomic E-state index is 0.987. The highest BCUT2D eigenvalue weighted by molar-refractivity contribution is 5.90. The van der Waals surface area contributed by atoms with Gasteiger partial charge >= 0.3 is 0 Å². The van der Waals surface area contributed by atoms with Crippen LogP contribution in [-0.4, -0.2) is 4.98 Å². The van der Waals surface area contributed by atoms with E-state index in [1.165, 1.54) is 0 Å². The van der Waals surface area contributed by atoms with E-state index >= 15 is 0 Å². The second-order valence-electron chi connectivity index (χ2n) is 17.0. The van der Waals surface area contributed by atoms with Crippen LogP contribution >= 0.6 is 0 Å². The minimum Gasteiger partial charge on any atom is -0.310 e. The number of para-hydroxylation sites is 8. The van der Waals surface area contributed by atoms with Gasteiger partial charge in [0.25, 0.3) is 0 Å². The molecule has 0 fully saturated rings. The van der Waals surface area contributed by atoms with Gasteiger partial charge in [-0.25, -0.2) is 0 Å². The molecule has 5 nitrogen and oxygen atoms in total. The predicted molar refractivity (Wildman–Crippen MR) is 294 cm³/mol. The molecule has 1 aromatic heterocycles. The van der Waals surface area contributed by atoms with Crippen molar-refractivity contribution >= 4 is 68.2 Å². The molecule has 11 aromatic rings. The van der Waals surface area contributed by atoms with E-state index in [2.05, 4.69) is 305 Å². The summed E-state index contributed by atoms with van der Waals surface area (Å²) < 4.78 is 0. The lowest BCUT2D eigenvalue weighted by Crippen LogP contribution is -2.13. The lowest BCUT2D eigenvalue weighted by molar-refractivity contribution is 1.24. The lowest BCUT2D eigenvalue weighted by atomic mass is 9.98. The van der Waals surface area contributed by atoms with Gasteiger partial charge in [0.2, 0.25) is 0 Å². The van der Waals surface area contributed by atoms with Gasteiger partial charge in [0.15, 0.2) is 0 Å². The van der Waals surface area contributed by atoms with Crippen molar-refractivity contribution in [3.63, 3.8) is 0 Å². The molecule has 0 aliphatic heterocycles. The maximum atomic E-state index is 5.05. The Morgan fingerprint density at radius 2 is 0.357 bits per heavy atom. The Balaban J connectivity index is 1.13. The van der Waals surface area contributed by atoms with Crippen molar-refractivity contribution in [1.82, 2.24) is 4.98 Å². The van der Waals surface area contributed by atoms with Crippen molar-refractivity contribution in [3.8, 4) is 22.3 Å². The van der Waals surface area contributed by atoms with Gasteiger partial charge in [-0.05, 0) is 151 Å². The van der Waals surface area contributed by atoms with E-state index in [0.717, 1.165) is 90.5 Å². The summed E-state index contributed by atoms with van der Waals surface area (Å²) in [5.74, 6) is 0. The van der Waals surface area contributed by atoms with Gasteiger partial charge in [-0.2, -0.15) is 0 Å². The largest absolute Gasteiger partial charge is 0.310 e. The van der Waals surface area contributed by atoms with Gasteiger partial charge in [-0.3, -0.25) is 4.98 Å². The maximum Gasteiger partial charge on any atom is 0.0488 e. The highest BCUT2D eigenvalue weighted by Gasteiger charge is 2.22. The first kappa shape index (κ1) is 43.1. The van der Waals surface area contributed by atoms with Gasteiger partial charge in [0.1, 0.15) is 0 Å². The number of nitrogens with zero attached hydrogens (tertiary/aromatic N) is 5. The van der Waals surface area contributed by atoms with Crippen molar-refractivity contribution in [2.75, 3.05) is 19.6 Å². The molecule has 11 rings (SSSR count). The molecule has 0 N–H and O–H groups in total. The molecule has 0 radical (unpaired) electrons. The normalized spacial score (nSPS) is 10.9. The second-order valence-corrected chi connectivity index (χ2v) is 17.0. The zero-order chi connectivity index (χ0) is 46.9. The molecule has 5 heteroatoms. The van der Waals surface area contributed by atoms with Gasteiger partial charge in [-0.1, -0.05) is 146 Å². The van der Waals surface area contributed by atoms with E-state index in [0.29, 0.717) is 0 Å². The standard InChI is InChI=1S/C65H49N5/c1-9-25-54(26-10-1)67(55-27-11-2-12-28-55)62-42-50(43-63(46-62)68(56-29-13-3-14-30-56)57-31-15-4-16-32-57)52-41-53(49-66-48-52)51-44-64(69(58-33-17-5-18-34-58)59-35-19-6-20-36-59)47-65(45-51)70(60-37-21-7-22-38-60)61-39-23-8-24-40-61/h1-49H. The van der Waals surface area contributed by atoms with E-state index in [1.54, 1.807) is 0 Å². The molecule has 0 aliphatic rings. The molecule has 70 heavy (non-hydrogen) atoms. The molecule has 0 bridgehead atoms. The molecule has 0 aliphatic carbocycles. The van der Waals surface area contributed by atoms with Crippen LogP contribution in [0.2, 0.25) is 0 Å². The summed E-state index contributed by atoms with van der Waals surface area (Å²) in [5.41, 5.74) is 16.5. The predicted octanol–water partition coefficient (Wildman–Crippen LogP) is 18.3. The smallest absolute Gasteiger partial charge is 0.0488 e. The number of hydrogen-bond donors (Lipinski definition) is 0. The molecule has 334 valence electrons. The Morgan fingerprint density at radius 1 is 0.171 bits per heavy atom. The van der Waals surface area contributed by atoms with Crippen molar-refractivity contribution in [1.29, 1.82) is 0 Å². The van der Waals surface area contributed by atoms with E-state index in [9.17, 15) is 0 Å². The molecular formula is C65H49N5. The third kappa shape index (κ3) is 9.28. The van der Waals surface area contributed by atoms with E-state index < -0.39 is 0 Å². The molecule has 0 unspecified atom stereocenters. The first-order valence-electron chi connectivity index (χ1n) is 23.6. The SMILES string of the molecule is c1ccc(N(c2ccccc2)c2cc(-c3cncc(-c4cc(N(c5ccccc5)c5ccccc5)cc(N(c5ccccc5)c5ccccc5)c4)c3)cc(N(c3ccccc3)c3ccccc3)c2)cc1. The highest BCUT2D eigenvalue weighted by atomic mass is 15.2. The fourth-order valence-electron chi connectivity index (χ4n) is 9.20. The summed E-state index contributed by atoms with van der Waals surface area (Å²) in [6, 6.07) is 101. The molecule has 1 heterocycles. The summed E-state index contributed by atoms with van der Waals surface area (Å²) >= 11 is 0.